The monoisotopic (exact) mass is 674 g/mol. The minimum Gasteiger partial charge on any atom is -0.465 e. The summed E-state index contributed by atoms with van der Waals surface area (Å²) in [5.74, 6) is -1.89. The van der Waals surface area contributed by atoms with Crippen molar-refractivity contribution in [3.05, 3.63) is 40.4 Å². The van der Waals surface area contributed by atoms with E-state index >= 15 is 0 Å². The molecule has 0 saturated carbocycles. The van der Waals surface area contributed by atoms with E-state index < -0.39 is 28.9 Å². The molecule has 1 atom stereocenters. The fraction of sp³-hybridized carbons (Fsp3) is 0.594. The summed E-state index contributed by atoms with van der Waals surface area (Å²) < 4.78 is 0. The lowest BCUT2D eigenvalue weighted by atomic mass is 9.82. The summed E-state index contributed by atoms with van der Waals surface area (Å²) in [7, 11) is 3.50. The van der Waals surface area contributed by atoms with E-state index in [2.05, 4.69) is 20.9 Å². The Balaban J connectivity index is 1.80. The molecule has 5 N–H and O–H groups in total. The molecule has 2 aromatic rings. The van der Waals surface area contributed by atoms with Gasteiger partial charge in [-0.1, -0.05) is 32.9 Å². The van der Waals surface area contributed by atoms with Crippen LogP contribution >= 0.6 is 11.3 Å². The van der Waals surface area contributed by atoms with Crippen LogP contribution in [0, 0.1) is 5.41 Å². The number of nitrogens with one attached hydrogen (secondary N) is 3. The van der Waals surface area contributed by atoms with Crippen molar-refractivity contribution in [1.29, 1.82) is 0 Å². The summed E-state index contributed by atoms with van der Waals surface area (Å²) in [5.41, 5.74) is 0.587. The van der Waals surface area contributed by atoms with Gasteiger partial charge in [0.15, 0.2) is 5.13 Å². The summed E-state index contributed by atoms with van der Waals surface area (Å²) in [6.07, 6.45) is -1.35. The zero-order chi connectivity index (χ0) is 35.3. The molecule has 2 heterocycles. The number of piperazine rings is 1. The van der Waals surface area contributed by atoms with Crippen LogP contribution in [0.3, 0.4) is 0 Å². The maximum Gasteiger partial charge on any atom is 0.411 e. The normalized spacial score (nSPS) is 15.4. The highest BCUT2D eigenvalue weighted by molar-refractivity contribution is 7.15. The summed E-state index contributed by atoms with van der Waals surface area (Å²) in [6.45, 7) is 15.3. The molecule has 15 heteroatoms. The largest absolute Gasteiger partial charge is 0.465 e. The third-order valence-electron chi connectivity index (χ3n) is 7.95. The quantitative estimate of drug-likeness (QED) is 0.221. The van der Waals surface area contributed by atoms with E-state index in [4.69, 9.17) is 4.98 Å². The van der Waals surface area contributed by atoms with E-state index in [9.17, 15) is 29.4 Å². The lowest BCUT2D eigenvalue weighted by Gasteiger charge is -2.55. The Labute approximate surface area is 281 Å². The molecule has 3 rings (SSSR count). The molecular weight excluding hydrogens is 624 g/mol. The average Bonchev–Trinajstić information content (AvgIpc) is 3.30. The first-order valence-electron chi connectivity index (χ1n) is 15.6. The first-order chi connectivity index (χ1) is 21.7. The Morgan fingerprint density at radius 2 is 1.53 bits per heavy atom. The second kappa shape index (κ2) is 14.8. The molecule has 0 spiro atoms. The van der Waals surface area contributed by atoms with Gasteiger partial charge in [-0.2, -0.15) is 0 Å². The molecule has 1 unspecified atom stereocenters. The van der Waals surface area contributed by atoms with Crippen LogP contribution in [0.1, 0.15) is 64.6 Å². The van der Waals surface area contributed by atoms with Gasteiger partial charge in [-0.15, -0.1) is 11.3 Å². The number of thiazole rings is 1. The zero-order valence-corrected chi connectivity index (χ0v) is 29.7. The number of amides is 5. The van der Waals surface area contributed by atoms with Gasteiger partial charge in [0.25, 0.3) is 0 Å². The minimum atomic E-state index is -1.70. The molecule has 1 aliphatic rings. The number of carbonyl (C=O) groups excluding carboxylic acids is 2. The van der Waals surface area contributed by atoms with E-state index in [1.807, 2.05) is 17.0 Å². The molecule has 0 bridgehead atoms. The number of benzene rings is 1. The molecule has 5 amide bonds. The summed E-state index contributed by atoms with van der Waals surface area (Å²) in [5, 5.41) is 29.1. The van der Waals surface area contributed by atoms with Crippen molar-refractivity contribution in [3.63, 3.8) is 0 Å². The second-order valence-electron chi connectivity index (χ2n) is 14.0. The number of aryl methyl sites for hydroxylation is 2. The molecule has 1 saturated heterocycles. The standard InChI is InChI=1S/C32H50N8O6S/c1-21(41)33-26-34-24(25(47-26)20-38-16-18-39(19-17-38)28(44)37(8)9)15-12-22-10-13-23(14-11-22)35-32(30(2,3)4,36-27(42)43)40(29(45)46)31(5,6)7/h10-11,13-14,35-36H,12,15-20H2,1-9H3,(H,42,43)(H,45,46)(H,33,34,41). The van der Waals surface area contributed by atoms with Crippen LogP contribution in [0.4, 0.5) is 25.2 Å². The predicted molar refractivity (Wildman–Crippen MR) is 183 cm³/mol. The Bertz CT molecular complexity index is 1420. The van der Waals surface area contributed by atoms with Crippen molar-refractivity contribution >= 4 is 46.3 Å². The molecule has 1 fully saturated rings. The predicted octanol–water partition coefficient (Wildman–Crippen LogP) is 4.84. The Morgan fingerprint density at radius 1 is 0.936 bits per heavy atom. The van der Waals surface area contributed by atoms with E-state index in [1.165, 1.54) is 18.3 Å². The topological polar surface area (TPSA) is 171 Å². The average molecular weight is 675 g/mol. The SMILES string of the molecule is CC(=O)Nc1nc(CCc2ccc(NC(NC(=O)O)(N(C(=O)O)C(C)(C)C)C(C)(C)C)cc2)c(CN2CCN(C(=O)N(C)C)CC2)s1. The van der Waals surface area contributed by atoms with Gasteiger partial charge in [-0.05, 0) is 51.3 Å². The van der Waals surface area contributed by atoms with Crippen molar-refractivity contribution in [1.82, 2.24) is 29.9 Å². The number of nitrogens with zero attached hydrogens (tertiary/aromatic N) is 5. The molecule has 260 valence electrons. The van der Waals surface area contributed by atoms with Crippen LogP contribution in [-0.4, -0.2) is 111 Å². The van der Waals surface area contributed by atoms with Gasteiger partial charge in [-0.3, -0.25) is 19.9 Å². The van der Waals surface area contributed by atoms with Crippen molar-refractivity contribution < 1.29 is 29.4 Å². The molecule has 1 aliphatic heterocycles. The Hall–Kier alpha value is -4.11. The van der Waals surface area contributed by atoms with Crippen molar-refractivity contribution in [3.8, 4) is 0 Å². The van der Waals surface area contributed by atoms with Gasteiger partial charge in [0, 0.05) is 75.3 Å². The summed E-state index contributed by atoms with van der Waals surface area (Å²) in [4.78, 5) is 61.3. The van der Waals surface area contributed by atoms with Gasteiger partial charge in [0.2, 0.25) is 11.7 Å². The first kappa shape index (κ1) is 37.3. The van der Waals surface area contributed by atoms with E-state index in [0.717, 1.165) is 34.1 Å². The van der Waals surface area contributed by atoms with Gasteiger partial charge in [0.1, 0.15) is 0 Å². The Kier molecular flexibility index (Phi) is 11.7. The van der Waals surface area contributed by atoms with E-state index in [0.29, 0.717) is 43.3 Å². The summed E-state index contributed by atoms with van der Waals surface area (Å²) in [6, 6.07) is 7.46. The number of carbonyl (C=O) groups is 4. The molecule has 0 aliphatic carbocycles. The highest BCUT2D eigenvalue weighted by atomic mass is 32.1. The molecule has 14 nitrogen and oxygen atoms in total. The smallest absolute Gasteiger partial charge is 0.411 e. The fourth-order valence-corrected chi connectivity index (χ4v) is 6.75. The van der Waals surface area contributed by atoms with Crippen molar-refractivity contribution in [2.45, 2.75) is 79.2 Å². The van der Waals surface area contributed by atoms with E-state index in [-0.39, 0.29) is 11.9 Å². The van der Waals surface area contributed by atoms with Crippen LogP contribution in [0.15, 0.2) is 24.3 Å². The number of rotatable bonds is 10. The fourth-order valence-electron chi connectivity index (χ4n) is 5.66. The number of hydrogen-bond acceptors (Lipinski definition) is 8. The maximum absolute atomic E-state index is 12.6. The van der Waals surface area contributed by atoms with Gasteiger partial charge < -0.3 is 30.6 Å². The second-order valence-corrected chi connectivity index (χ2v) is 15.1. The highest BCUT2D eigenvalue weighted by Crippen LogP contribution is 2.39. The third-order valence-corrected chi connectivity index (χ3v) is 8.95. The lowest BCUT2D eigenvalue weighted by Crippen LogP contribution is -2.76. The zero-order valence-electron chi connectivity index (χ0n) is 28.9. The number of urea groups is 1. The summed E-state index contributed by atoms with van der Waals surface area (Å²) >= 11 is 1.46. The van der Waals surface area contributed by atoms with Crippen LogP contribution in [-0.2, 0) is 24.2 Å². The molecule has 1 aromatic heterocycles. The van der Waals surface area contributed by atoms with Crippen molar-refractivity contribution in [2.75, 3.05) is 50.9 Å². The number of hydrogen-bond donors (Lipinski definition) is 5. The van der Waals surface area contributed by atoms with Crippen LogP contribution in [0.5, 0.6) is 0 Å². The van der Waals surface area contributed by atoms with Crippen LogP contribution in [0.2, 0.25) is 0 Å². The maximum atomic E-state index is 12.6. The molecule has 47 heavy (non-hydrogen) atoms. The lowest BCUT2D eigenvalue weighted by molar-refractivity contribution is -0.114. The molecule has 1 aromatic carbocycles. The number of aromatic nitrogens is 1. The molecular formula is C32H50N8O6S. The number of carboxylic acid groups (broad SMARTS) is 2. The minimum absolute atomic E-state index is 0.00736. The van der Waals surface area contributed by atoms with Crippen LogP contribution in [0.25, 0.3) is 0 Å². The third kappa shape index (κ3) is 9.47. The Morgan fingerprint density at radius 3 is 2.00 bits per heavy atom. The molecule has 0 radical (unpaired) electrons. The van der Waals surface area contributed by atoms with Crippen molar-refractivity contribution in [2.24, 2.45) is 5.41 Å². The van der Waals surface area contributed by atoms with E-state index in [1.54, 1.807) is 72.7 Å². The van der Waals surface area contributed by atoms with Gasteiger partial charge >= 0.3 is 18.2 Å². The first-order valence-corrected chi connectivity index (χ1v) is 16.4. The van der Waals surface area contributed by atoms with Gasteiger partial charge in [0.05, 0.1) is 5.69 Å². The number of anilines is 2. The van der Waals surface area contributed by atoms with Gasteiger partial charge in [-0.25, -0.2) is 19.4 Å². The highest BCUT2D eigenvalue weighted by Gasteiger charge is 2.54. The van der Waals surface area contributed by atoms with Crippen LogP contribution < -0.4 is 16.0 Å².